The van der Waals surface area contributed by atoms with Crippen LogP contribution in [0.5, 0.6) is 0 Å². The third-order valence-electron chi connectivity index (χ3n) is 3.13. The van der Waals surface area contributed by atoms with E-state index < -0.39 is 0 Å². The normalized spacial score (nSPS) is 15.5. The molecule has 3 rings (SSSR count). The predicted molar refractivity (Wildman–Crippen MR) is 70.9 cm³/mol. The molecule has 1 aliphatic rings. The van der Waals surface area contributed by atoms with Gasteiger partial charge in [-0.2, -0.15) is 0 Å². The zero-order chi connectivity index (χ0) is 13.4. The highest BCUT2D eigenvalue weighted by molar-refractivity contribution is 6.05. The molecule has 94 valence electrons. The molecule has 0 radical (unpaired) electrons. The molecule has 0 amide bonds. The largest absolute Gasteiger partial charge is 0.422 e. The van der Waals surface area contributed by atoms with Crippen molar-refractivity contribution >= 4 is 17.8 Å². The Hall–Kier alpha value is -2.42. The lowest BCUT2D eigenvalue weighted by Crippen LogP contribution is -1.92. The predicted octanol–water partition coefficient (Wildman–Crippen LogP) is 3.80. The van der Waals surface area contributed by atoms with Crippen molar-refractivity contribution in [2.24, 2.45) is 0 Å². The van der Waals surface area contributed by atoms with Gasteiger partial charge in [0.05, 0.1) is 5.56 Å². The van der Waals surface area contributed by atoms with Crippen LogP contribution in [0.2, 0.25) is 0 Å². The summed E-state index contributed by atoms with van der Waals surface area (Å²) in [5.41, 5.74) is 2.97. The second-order valence-corrected chi connectivity index (χ2v) is 4.44. The van der Waals surface area contributed by atoms with Gasteiger partial charge in [-0.15, -0.1) is 0 Å². The molecule has 0 aromatic heterocycles. The van der Waals surface area contributed by atoms with Gasteiger partial charge in [0.2, 0.25) is 0 Å². The average molecular weight is 254 g/mol. The maximum absolute atomic E-state index is 13.1. The third kappa shape index (κ3) is 2.03. The zero-order valence-electron chi connectivity index (χ0n) is 10.3. The van der Waals surface area contributed by atoms with E-state index in [1.807, 2.05) is 19.1 Å². The molecular weight excluding hydrogens is 243 g/mol. The lowest BCUT2D eigenvalue weighted by atomic mass is 10.0. The van der Waals surface area contributed by atoms with Crippen LogP contribution >= 0.6 is 0 Å². The van der Waals surface area contributed by atoms with Crippen molar-refractivity contribution in [3.63, 3.8) is 0 Å². The first kappa shape index (κ1) is 11.7. The maximum atomic E-state index is 13.1. The molecule has 19 heavy (non-hydrogen) atoms. The van der Waals surface area contributed by atoms with Crippen molar-refractivity contribution in [2.75, 3.05) is 0 Å². The lowest BCUT2D eigenvalue weighted by Gasteiger charge is -2.02. The van der Waals surface area contributed by atoms with E-state index in [0.717, 1.165) is 16.7 Å². The highest BCUT2D eigenvalue weighted by atomic mass is 19.1. The van der Waals surface area contributed by atoms with Crippen LogP contribution in [0, 0.1) is 12.7 Å². The second kappa shape index (κ2) is 4.35. The molecule has 2 nitrogen and oxygen atoms in total. The summed E-state index contributed by atoms with van der Waals surface area (Å²) in [4.78, 5) is 11.7. The fraction of sp³-hybridized carbons (Fsp3) is 0.0625. The van der Waals surface area contributed by atoms with Gasteiger partial charge in [0.25, 0.3) is 0 Å². The Kier molecular flexibility index (Phi) is 2.67. The fourth-order valence-electron chi connectivity index (χ4n) is 2.14. The van der Waals surface area contributed by atoms with Crippen LogP contribution in [-0.2, 0) is 4.74 Å². The number of aryl methyl sites for hydroxylation is 1. The van der Waals surface area contributed by atoms with Crippen molar-refractivity contribution in [3.05, 3.63) is 70.5 Å². The van der Waals surface area contributed by atoms with Gasteiger partial charge in [-0.1, -0.05) is 24.3 Å². The van der Waals surface area contributed by atoms with Crippen molar-refractivity contribution in [3.8, 4) is 0 Å². The van der Waals surface area contributed by atoms with Crippen molar-refractivity contribution in [2.45, 2.75) is 6.92 Å². The molecule has 2 aromatic rings. The minimum atomic E-state index is -0.346. The number of esters is 1. The molecule has 0 spiro atoms. The molecule has 0 aliphatic carbocycles. The smallest absolute Gasteiger partial charge is 0.344 e. The minimum Gasteiger partial charge on any atom is -0.422 e. The molecule has 1 heterocycles. The summed E-state index contributed by atoms with van der Waals surface area (Å²) in [6.07, 6.45) is 1.76. The Morgan fingerprint density at radius 2 is 1.84 bits per heavy atom. The van der Waals surface area contributed by atoms with E-state index in [0.29, 0.717) is 11.3 Å². The topological polar surface area (TPSA) is 26.3 Å². The number of halogens is 1. The standard InChI is InChI=1S/C16H11FO2/c1-10-8-12(17)7-6-11(10)9-15-13-4-2-3-5-14(13)16(18)19-15/h2-9H,1H3/b15-9+. The lowest BCUT2D eigenvalue weighted by molar-refractivity contribution is 0.0717. The summed E-state index contributed by atoms with van der Waals surface area (Å²) >= 11 is 0. The molecule has 0 saturated carbocycles. The minimum absolute atomic E-state index is 0.275. The summed E-state index contributed by atoms with van der Waals surface area (Å²) < 4.78 is 18.3. The van der Waals surface area contributed by atoms with Crippen LogP contribution in [0.25, 0.3) is 11.8 Å². The molecule has 1 aliphatic heterocycles. The Labute approximate surface area is 110 Å². The van der Waals surface area contributed by atoms with E-state index in [1.54, 1.807) is 24.3 Å². The number of cyclic esters (lactones) is 1. The van der Waals surface area contributed by atoms with Crippen LogP contribution in [-0.4, -0.2) is 5.97 Å². The molecular formula is C16H11FO2. The molecule has 0 bridgehead atoms. The third-order valence-corrected chi connectivity index (χ3v) is 3.13. The van der Waals surface area contributed by atoms with E-state index in [-0.39, 0.29) is 11.8 Å². The van der Waals surface area contributed by atoms with Crippen molar-refractivity contribution in [1.82, 2.24) is 0 Å². The van der Waals surface area contributed by atoms with E-state index in [9.17, 15) is 9.18 Å². The molecule has 0 fully saturated rings. The summed E-state index contributed by atoms with van der Waals surface area (Å²) in [6, 6.07) is 11.7. The molecule has 2 aromatic carbocycles. The van der Waals surface area contributed by atoms with E-state index >= 15 is 0 Å². The summed E-state index contributed by atoms with van der Waals surface area (Å²) in [5, 5.41) is 0. The zero-order valence-corrected chi connectivity index (χ0v) is 10.3. The van der Waals surface area contributed by atoms with Gasteiger partial charge < -0.3 is 4.74 Å². The highest BCUT2D eigenvalue weighted by Crippen LogP contribution is 2.31. The van der Waals surface area contributed by atoms with Gasteiger partial charge >= 0.3 is 5.97 Å². The highest BCUT2D eigenvalue weighted by Gasteiger charge is 2.25. The fourth-order valence-corrected chi connectivity index (χ4v) is 2.14. The van der Waals surface area contributed by atoms with Crippen LogP contribution in [0.15, 0.2) is 42.5 Å². The monoisotopic (exact) mass is 254 g/mol. The molecule has 3 heteroatoms. The molecule has 0 unspecified atom stereocenters. The summed E-state index contributed by atoms with van der Waals surface area (Å²) in [6.45, 7) is 1.82. The Balaban J connectivity index is 2.09. The Bertz CT molecular complexity index is 702. The van der Waals surface area contributed by atoms with Crippen molar-refractivity contribution < 1.29 is 13.9 Å². The van der Waals surface area contributed by atoms with Gasteiger partial charge in [0.15, 0.2) is 0 Å². The number of hydrogen-bond donors (Lipinski definition) is 0. The maximum Gasteiger partial charge on any atom is 0.344 e. The first-order valence-electron chi connectivity index (χ1n) is 5.94. The van der Waals surface area contributed by atoms with Crippen LogP contribution < -0.4 is 0 Å². The van der Waals surface area contributed by atoms with Gasteiger partial charge in [0.1, 0.15) is 11.6 Å². The summed E-state index contributed by atoms with van der Waals surface area (Å²) in [5.74, 6) is -0.111. The number of carbonyl (C=O) groups is 1. The van der Waals surface area contributed by atoms with Gasteiger partial charge in [-0.05, 0) is 42.3 Å². The van der Waals surface area contributed by atoms with Gasteiger partial charge in [-0.3, -0.25) is 0 Å². The van der Waals surface area contributed by atoms with E-state index in [4.69, 9.17) is 4.74 Å². The molecule has 0 atom stereocenters. The number of hydrogen-bond acceptors (Lipinski definition) is 2. The average Bonchev–Trinajstić information content (AvgIpc) is 2.71. The number of benzene rings is 2. The van der Waals surface area contributed by atoms with Crippen LogP contribution in [0.1, 0.15) is 27.0 Å². The molecule has 0 saturated heterocycles. The quantitative estimate of drug-likeness (QED) is 0.723. The van der Waals surface area contributed by atoms with Crippen molar-refractivity contribution in [1.29, 1.82) is 0 Å². The van der Waals surface area contributed by atoms with E-state index in [2.05, 4.69) is 0 Å². The van der Waals surface area contributed by atoms with Gasteiger partial charge in [0, 0.05) is 5.56 Å². The number of carbonyl (C=O) groups excluding carboxylic acids is 1. The summed E-state index contributed by atoms with van der Waals surface area (Å²) in [7, 11) is 0. The Morgan fingerprint density at radius 1 is 1.11 bits per heavy atom. The molecule has 0 N–H and O–H groups in total. The first-order chi connectivity index (χ1) is 9.15. The number of ether oxygens (including phenoxy) is 1. The second-order valence-electron chi connectivity index (χ2n) is 4.44. The SMILES string of the molecule is Cc1cc(F)ccc1/C=C1/OC(=O)c2ccccc21. The first-order valence-corrected chi connectivity index (χ1v) is 5.94. The van der Waals surface area contributed by atoms with Gasteiger partial charge in [-0.25, -0.2) is 9.18 Å². The van der Waals surface area contributed by atoms with E-state index in [1.165, 1.54) is 12.1 Å². The van der Waals surface area contributed by atoms with Crippen LogP contribution in [0.3, 0.4) is 0 Å². The van der Waals surface area contributed by atoms with Crippen LogP contribution in [0.4, 0.5) is 4.39 Å². The number of rotatable bonds is 1. The number of fused-ring (bicyclic) bond motifs is 1. The Morgan fingerprint density at radius 3 is 2.58 bits per heavy atom.